The molecule has 0 atom stereocenters. The van der Waals surface area contributed by atoms with Gasteiger partial charge < -0.3 is 0 Å². The first-order valence-corrected chi connectivity index (χ1v) is 8.88. The third-order valence-corrected chi connectivity index (χ3v) is 5.68. The van der Waals surface area contributed by atoms with Crippen LogP contribution >= 0.6 is 0 Å². The van der Waals surface area contributed by atoms with Crippen molar-refractivity contribution in [3.8, 4) is 0 Å². The maximum Gasteiger partial charge on any atom is 0.00812 e. The van der Waals surface area contributed by atoms with Crippen molar-refractivity contribution in [1.82, 2.24) is 0 Å². The Morgan fingerprint density at radius 1 is 1.04 bits per heavy atom. The number of benzene rings is 1. The van der Waals surface area contributed by atoms with Crippen LogP contribution in [0.3, 0.4) is 0 Å². The van der Waals surface area contributed by atoms with Gasteiger partial charge in [0.2, 0.25) is 0 Å². The highest BCUT2D eigenvalue weighted by molar-refractivity contribution is 5.50. The summed E-state index contributed by atoms with van der Waals surface area (Å²) in [4.78, 5) is 0. The van der Waals surface area contributed by atoms with Gasteiger partial charge in [-0.3, -0.25) is 0 Å². The fourth-order valence-corrected chi connectivity index (χ4v) is 3.86. The van der Waals surface area contributed by atoms with Crippen LogP contribution in [0.5, 0.6) is 0 Å². The standard InChI is InChI=1S/C23H34/c1-16(2)10-11-21(4,5)18-15-20-19(14-17(18)3)22(6,7)12-13-23(20,8)9/h10-11,14-15H,1,12-13H2,2-9H3/b11-10+. The molecule has 0 saturated carbocycles. The number of hydrogen-bond donors (Lipinski definition) is 0. The van der Waals surface area contributed by atoms with Crippen molar-refractivity contribution >= 4 is 0 Å². The van der Waals surface area contributed by atoms with E-state index in [9.17, 15) is 0 Å². The van der Waals surface area contributed by atoms with Crippen molar-refractivity contribution in [2.24, 2.45) is 0 Å². The number of aryl methyl sites for hydroxylation is 1. The Morgan fingerprint density at radius 2 is 1.52 bits per heavy atom. The second kappa shape index (κ2) is 5.65. The molecule has 23 heavy (non-hydrogen) atoms. The molecule has 1 aromatic rings. The van der Waals surface area contributed by atoms with Crippen LogP contribution in [0.25, 0.3) is 0 Å². The summed E-state index contributed by atoms with van der Waals surface area (Å²) in [7, 11) is 0. The number of allylic oxidation sites excluding steroid dienone is 3. The van der Waals surface area contributed by atoms with E-state index in [-0.39, 0.29) is 16.2 Å². The molecule has 2 rings (SSSR count). The van der Waals surface area contributed by atoms with Crippen LogP contribution in [0.15, 0.2) is 36.4 Å². The van der Waals surface area contributed by atoms with Crippen molar-refractivity contribution in [3.63, 3.8) is 0 Å². The molecule has 1 aromatic carbocycles. The minimum Gasteiger partial charge on any atom is -0.0961 e. The molecule has 0 radical (unpaired) electrons. The Labute approximate surface area is 143 Å². The molecular weight excluding hydrogens is 276 g/mol. The molecule has 0 fully saturated rings. The van der Waals surface area contributed by atoms with E-state index < -0.39 is 0 Å². The van der Waals surface area contributed by atoms with Crippen molar-refractivity contribution in [3.05, 3.63) is 58.7 Å². The minimum atomic E-state index is 0.0235. The lowest BCUT2D eigenvalue weighted by Crippen LogP contribution is -2.34. The molecule has 0 heterocycles. The average Bonchev–Trinajstić information content (AvgIpc) is 2.41. The summed E-state index contributed by atoms with van der Waals surface area (Å²) in [6.45, 7) is 22.5. The highest BCUT2D eigenvalue weighted by Crippen LogP contribution is 2.47. The maximum absolute atomic E-state index is 4.00. The zero-order valence-corrected chi connectivity index (χ0v) is 16.4. The molecule has 0 heteroatoms. The highest BCUT2D eigenvalue weighted by Gasteiger charge is 2.38. The van der Waals surface area contributed by atoms with E-state index in [0.29, 0.717) is 0 Å². The van der Waals surface area contributed by atoms with Crippen LogP contribution in [0, 0.1) is 6.92 Å². The van der Waals surface area contributed by atoms with Gasteiger partial charge in [0.05, 0.1) is 0 Å². The number of fused-ring (bicyclic) bond motifs is 1. The second-order valence-corrected chi connectivity index (χ2v) is 9.38. The average molecular weight is 311 g/mol. The summed E-state index contributed by atoms with van der Waals surface area (Å²) in [5.41, 5.74) is 7.63. The zero-order valence-electron chi connectivity index (χ0n) is 16.4. The Balaban J connectivity index is 2.64. The van der Waals surface area contributed by atoms with Gasteiger partial charge in [-0.1, -0.05) is 78.0 Å². The third-order valence-electron chi connectivity index (χ3n) is 5.68. The van der Waals surface area contributed by atoms with E-state index in [0.717, 1.165) is 5.57 Å². The summed E-state index contributed by atoms with van der Waals surface area (Å²) in [5.74, 6) is 0. The van der Waals surface area contributed by atoms with Crippen LogP contribution in [0.1, 0.15) is 83.6 Å². The fraction of sp³-hybridized carbons (Fsp3) is 0.565. The lowest BCUT2D eigenvalue weighted by molar-refractivity contribution is 0.331. The van der Waals surface area contributed by atoms with E-state index in [1.807, 2.05) is 0 Å². The van der Waals surface area contributed by atoms with E-state index in [4.69, 9.17) is 0 Å². The van der Waals surface area contributed by atoms with Crippen molar-refractivity contribution < 1.29 is 0 Å². The van der Waals surface area contributed by atoms with Gasteiger partial charge in [0.15, 0.2) is 0 Å². The summed E-state index contributed by atoms with van der Waals surface area (Å²) < 4.78 is 0. The lowest BCUT2D eigenvalue weighted by Gasteiger charge is -2.43. The quantitative estimate of drug-likeness (QED) is 0.541. The molecule has 0 aromatic heterocycles. The van der Waals surface area contributed by atoms with E-state index >= 15 is 0 Å². The molecule has 0 saturated heterocycles. The highest BCUT2D eigenvalue weighted by atomic mass is 14.4. The lowest BCUT2D eigenvalue weighted by atomic mass is 9.61. The van der Waals surface area contributed by atoms with Crippen molar-refractivity contribution in [1.29, 1.82) is 0 Å². The van der Waals surface area contributed by atoms with Gasteiger partial charge in [0.25, 0.3) is 0 Å². The molecule has 126 valence electrons. The van der Waals surface area contributed by atoms with Gasteiger partial charge in [-0.05, 0) is 59.8 Å². The van der Waals surface area contributed by atoms with Crippen LogP contribution in [0.4, 0.5) is 0 Å². The number of hydrogen-bond acceptors (Lipinski definition) is 0. The molecule has 0 spiro atoms. The third kappa shape index (κ3) is 3.47. The topological polar surface area (TPSA) is 0 Å². The molecule has 0 amide bonds. The summed E-state index contributed by atoms with van der Waals surface area (Å²) in [6.07, 6.45) is 6.97. The first-order valence-electron chi connectivity index (χ1n) is 8.88. The van der Waals surface area contributed by atoms with Gasteiger partial charge in [0.1, 0.15) is 0 Å². The molecule has 0 N–H and O–H groups in total. The molecule has 0 bridgehead atoms. The molecule has 1 aliphatic rings. The first-order chi connectivity index (χ1) is 10.4. The second-order valence-electron chi connectivity index (χ2n) is 9.38. The predicted octanol–water partition coefficient (Wildman–Crippen LogP) is 6.75. The monoisotopic (exact) mass is 310 g/mol. The Bertz CT molecular complexity index is 651. The van der Waals surface area contributed by atoms with E-state index in [1.54, 1.807) is 11.1 Å². The molecule has 0 aliphatic heterocycles. The Morgan fingerprint density at radius 3 is 2.00 bits per heavy atom. The smallest absolute Gasteiger partial charge is 0.00812 e. The van der Waals surface area contributed by atoms with Crippen LogP contribution < -0.4 is 0 Å². The zero-order chi connectivity index (χ0) is 17.6. The van der Waals surface area contributed by atoms with Crippen LogP contribution in [-0.2, 0) is 16.2 Å². The van der Waals surface area contributed by atoms with Gasteiger partial charge in [-0.25, -0.2) is 0 Å². The fourth-order valence-electron chi connectivity index (χ4n) is 3.86. The van der Waals surface area contributed by atoms with Crippen LogP contribution in [0.2, 0.25) is 0 Å². The first kappa shape index (κ1) is 18.0. The summed E-state index contributed by atoms with van der Waals surface area (Å²) in [5, 5.41) is 0. The van der Waals surface area contributed by atoms with E-state index in [1.165, 1.54) is 24.0 Å². The molecule has 0 unspecified atom stereocenters. The maximum atomic E-state index is 4.00. The molecule has 1 aliphatic carbocycles. The molecular formula is C23H34. The summed E-state index contributed by atoms with van der Waals surface area (Å²) >= 11 is 0. The Kier molecular flexibility index (Phi) is 4.43. The van der Waals surface area contributed by atoms with E-state index in [2.05, 4.69) is 86.3 Å². The predicted molar refractivity (Wildman–Crippen MR) is 103 cm³/mol. The minimum absolute atomic E-state index is 0.0235. The largest absolute Gasteiger partial charge is 0.0961 e. The van der Waals surface area contributed by atoms with Gasteiger partial charge in [-0.2, -0.15) is 0 Å². The summed E-state index contributed by atoms with van der Waals surface area (Å²) in [6, 6.07) is 4.95. The normalized spacial score (nSPS) is 19.7. The number of rotatable bonds is 3. The van der Waals surface area contributed by atoms with Crippen molar-refractivity contribution in [2.45, 2.75) is 84.5 Å². The van der Waals surface area contributed by atoms with Gasteiger partial charge in [-0.15, -0.1) is 0 Å². The van der Waals surface area contributed by atoms with Gasteiger partial charge in [0, 0.05) is 5.41 Å². The van der Waals surface area contributed by atoms with Crippen molar-refractivity contribution in [2.75, 3.05) is 0 Å². The molecule has 0 nitrogen and oxygen atoms in total. The van der Waals surface area contributed by atoms with Crippen LogP contribution in [-0.4, -0.2) is 0 Å². The van der Waals surface area contributed by atoms with Gasteiger partial charge >= 0.3 is 0 Å². The SMILES string of the molecule is C=C(C)/C=C/C(C)(C)c1cc2c(cc1C)C(C)(C)CCC2(C)C. The Hall–Kier alpha value is -1.30.